The van der Waals surface area contributed by atoms with Crippen molar-refractivity contribution < 1.29 is 14.7 Å². The fourth-order valence-electron chi connectivity index (χ4n) is 3.06. The number of hydrogen-bond acceptors (Lipinski definition) is 4. The Hall–Kier alpha value is -1.11. The SMILES string of the molecule is O[C@@H](COCc1cccs1)C[NH+]1CCN(c2ccccc2Cl)CC1. The van der Waals surface area contributed by atoms with Crippen LogP contribution in [0.5, 0.6) is 0 Å². The zero-order chi connectivity index (χ0) is 16.8. The van der Waals surface area contributed by atoms with Gasteiger partial charge in [0, 0.05) is 4.88 Å². The number of piperazine rings is 1. The molecule has 130 valence electrons. The number of para-hydroxylation sites is 1. The first-order valence-corrected chi connectivity index (χ1v) is 9.59. The highest BCUT2D eigenvalue weighted by molar-refractivity contribution is 7.09. The Morgan fingerprint density at radius 1 is 1.21 bits per heavy atom. The summed E-state index contributed by atoms with van der Waals surface area (Å²) in [6, 6.07) is 12.1. The van der Waals surface area contributed by atoms with Crippen molar-refractivity contribution in [1.29, 1.82) is 0 Å². The van der Waals surface area contributed by atoms with Gasteiger partial charge in [0.2, 0.25) is 0 Å². The molecule has 0 bridgehead atoms. The van der Waals surface area contributed by atoms with Gasteiger partial charge in [-0.15, -0.1) is 11.3 Å². The zero-order valence-corrected chi connectivity index (χ0v) is 15.2. The molecule has 1 atom stereocenters. The normalized spacial score (nSPS) is 17.2. The van der Waals surface area contributed by atoms with Crippen LogP contribution in [0.2, 0.25) is 5.02 Å². The highest BCUT2D eigenvalue weighted by Crippen LogP contribution is 2.24. The minimum Gasteiger partial charge on any atom is -0.385 e. The third-order valence-corrected chi connectivity index (χ3v) is 5.49. The largest absolute Gasteiger partial charge is 0.385 e. The van der Waals surface area contributed by atoms with E-state index in [-0.39, 0.29) is 0 Å². The number of aliphatic hydroxyl groups excluding tert-OH is 1. The summed E-state index contributed by atoms with van der Waals surface area (Å²) in [6.07, 6.45) is -0.410. The number of aliphatic hydroxyl groups is 1. The van der Waals surface area contributed by atoms with Gasteiger partial charge in [-0.25, -0.2) is 0 Å². The number of nitrogens with zero attached hydrogens (tertiary/aromatic N) is 1. The van der Waals surface area contributed by atoms with Crippen LogP contribution in [0.4, 0.5) is 5.69 Å². The van der Waals surface area contributed by atoms with Gasteiger partial charge in [-0.1, -0.05) is 29.8 Å². The van der Waals surface area contributed by atoms with Crippen LogP contribution in [0.15, 0.2) is 41.8 Å². The van der Waals surface area contributed by atoms with Crippen LogP contribution in [0.1, 0.15) is 4.88 Å². The Bertz CT molecular complexity index is 615. The zero-order valence-electron chi connectivity index (χ0n) is 13.7. The van der Waals surface area contributed by atoms with Crippen LogP contribution in [0.3, 0.4) is 0 Å². The lowest BCUT2D eigenvalue weighted by Gasteiger charge is -2.34. The first-order valence-electron chi connectivity index (χ1n) is 8.33. The molecule has 1 saturated heterocycles. The van der Waals surface area contributed by atoms with E-state index in [1.807, 2.05) is 29.6 Å². The summed E-state index contributed by atoms with van der Waals surface area (Å²) < 4.78 is 5.61. The molecule has 2 N–H and O–H groups in total. The number of rotatable bonds is 7. The molecule has 0 spiro atoms. The number of halogens is 1. The second-order valence-corrected chi connectivity index (χ2v) is 7.58. The Balaban J connectivity index is 1.38. The molecule has 3 rings (SSSR count). The van der Waals surface area contributed by atoms with E-state index in [1.165, 1.54) is 9.78 Å². The first-order chi connectivity index (χ1) is 11.7. The number of benzene rings is 1. The van der Waals surface area contributed by atoms with Crippen molar-refractivity contribution in [2.24, 2.45) is 0 Å². The predicted molar refractivity (Wildman–Crippen MR) is 99.2 cm³/mol. The lowest BCUT2D eigenvalue weighted by atomic mass is 10.2. The summed E-state index contributed by atoms with van der Waals surface area (Å²) in [7, 11) is 0. The molecule has 6 heteroatoms. The molecule has 0 radical (unpaired) electrons. The van der Waals surface area contributed by atoms with Gasteiger partial charge in [0.1, 0.15) is 12.6 Å². The highest BCUT2D eigenvalue weighted by atomic mass is 35.5. The maximum absolute atomic E-state index is 10.2. The molecule has 24 heavy (non-hydrogen) atoms. The quantitative estimate of drug-likeness (QED) is 0.782. The Morgan fingerprint density at radius 3 is 2.71 bits per heavy atom. The summed E-state index contributed by atoms with van der Waals surface area (Å²) >= 11 is 7.96. The molecule has 4 nitrogen and oxygen atoms in total. The molecule has 1 aromatic heterocycles. The topological polar surface area (TPSA) is 37.1 Å². The molecular formula is C18H24ClN2O2S+. The van der Waals surface area contributed by atoms with Crippen molar-refractivity contribution in [3.63, 3.8) is 0 Å². The molecule has 1 aromatic carbocycles. The third-order valence-electron chi connectivity index (χ3n) is 4.32. The molecule has 0 aliphatic carbocycles. The number of quaternary nitrogens is 1. The fourth-order valence-corrected chi connectivity index (χ4v) is 3.95. The molecule has 0 amide bonds. The van der Waals surface area contributed by atoms with E-state index in [4.69, 9.17) is 16.3 Å². The standard InChI is InChI=1S/C18H23ClN2O2S/c19-17-5-1-2-6-18(17)21-9-7-20(8-10-21)12-15(22)13-23-14-16-4-3-11-24-16/h1-6,11,15,22H,7-10,12-14H2/p+1/t15-/m1/s1. The molecule has 0 saturated carbocycles. The molecular weight excluding hydrogens is 344 g/mol. The Kier molecular flexibility index (Phi) is 6.51. The van der Waals surface area contributed by atoms with Crippen LogP contribution >= 0.6 is 22.9 Å². The van der Waals surface area contributed by atoms with Gasteiger partial charge in [-0.3, -0.25) is 0 Å². The van der Waals surface area contributed by atoms with E-state index in [0.29, 0.717) is 13.2 Å². The predicted octanol–water partition coefficient (Wildman–Crippen LogP) is 1.68. The van der Waals surface area contributed by atoms with E-state index < -0.39 is 6.10 Å². The first kappa shape index (κ1) is 17.7. The van der Waals surface area contributed by atoms with Gasteiger partial charge < -0.3 is 19.6 Å². The van der Waals surface area contributed by atoms with Crippen LogP contribution < -0.4 is 9.80 Å². The summed E-state index contributed by atoms with van der Waals surface area (Å²) in [5.74, 6) is 0. The van der Waals surface area contributed by atoms with Crippen LogP contribution in [0.25, 0.3) is 0 Å². The molecule has 0 unspecified atom stereocenters. The molecule has 2 aromatic rings. The van der Waals surface area contributed by atoms with E-state index in [1.54, 1.807) is 11.3 Å². The second-order valence-electron chi connectivity index (χ2n) is 6.14. The molecule has 2 heterocycles. The smallest absolute Gasteiger partial charge is 0.126 e. The molecule has 1 aliphatic rings. The van der Waals surface area contributed by atoms with E-state index >= 15 is 0 Å². The molecule has 1 aliphatic heterocycles. The monoisotopic (exact) mass is 367 g/mol. The van der Waals surface area contributed by atoms with Gasteiger partial charge >= 0.3 is 0 Å². The van der Waals surface area contributed by atoms with E-state index in [9.17, 15) is 5.11 Å². The van der Waals surface area contributed by atoms with Gasteiger partial charge in [-0.2, -0.15) is 0 Å². The Labute approximate surface area is 152 Å². The Morgan fingerprint density at radius 2 is 2.00 bits per heavy atom. The van der Waals surface area contributed by atoms with Crippen molar-refractivity contribution in [3.05, 3.63) is 51.7 Å². The van der Waals surface area contributed by atoms with Crippen LogP contribution in [0, 0.1) is 0 Å². The van der Waals surface area contributed by atoms with Crippen molar-refractivity contribution in [3.8, 4) is 0 Å². The van der Waals surface area contributed by atoms with Gasteiger partial charge in [0.05, 0.1) is 50.1 Å². The number of hydrogen-bond donors (Lipinski definition) is 2. The maximum Gasteiger partial charge on any atom is 0.126 e. The third kappa shape index (κ3) is 4.94. The lowest BCUT2D eigenvalue weighted by molar-refractivity contribution is -0.903. The van der Waals surface area contributed by atoms with Crippen molar-refractivity contribution >= 4 is 28.6 Å². The summed E-state index contributed by atoms with van der Waals surface area (Å²) in [4.78, 5) is 4.94. The fraction of sp³-hybridized carbons (Fsp3) is 0.444. The average molecular weight is 368 g/mol. The van der Waals surface area contributed by atoms with Crippen molar-refractivity contribution in [1.82, 2.24) is 0 Å². The number of anilines is 1. The lowest BCUT2D eigenvalue weighted by Crippen LogP contribution is -3.16. The number of thiophene rings is 1. The number of nitrogens with one attached hydrogen (secondary N) is 1. The van der Waals surface area contributed by atoms with Gasteiger partial charge in [0.25, 0.3) is 0 Å². The van der Waals surface area contributed by atoms with Crippen LogP contribution in [-0.4, -0.2) is 50.5 Å². The van der Waals surface area contributed by atoms with E-state index in [0.717, 1.165) is 43.4 Å². The van der Waals surface area contributed by atoms with Crippen molar-refractivity contribution in [2.45, 2.75) is 12.7 Å². The van der Waals surface area contributed by atoms with Crippen molar-refractivity contribution in [2.75, 3.05) is 44.2 Å². The summed E-state index contributed by atoms with van der Waals surface area (Å²) in [6.45, 7) is 5.66. The number of ether oxygens (including phenoxy) is 1. The second kappa shape index (κ2) is 8.83. The van der Waals surface area contributed by atoms with E-state index in [2.05, 4.69) is 17.0 Å². The maximum atomic E-state index is 10.2. The van der Waals surface area contributed by atoms with Gasteiger partial charge in [0.15, 0.2) is 0 Å². The summed E-state index contributed by atoms with van der Waals surface area (Å²) in [5, 5.41) is 13.0. The average Bonchev–Trinajstić information content (AvgIpc) is 3.10. The van der Waals surface area contributed by atoms with Crippen LogP contribution in [-0.2, 0) is 11.3 Å². The van der Waals surface area contributed by atoms with Gasteiger partial charge in [-0.05, 0) is 23.6 Å². The minimum absolute atomic E-state index is 0.398. The molecule has 1 fully saturated rings. The minimum atomic E-state index is -0.410. The summed E-state index contributed by atoms with van der Waals surface area (Å²) in [5.41, 5.74) is 1.11. The highest BCUT2D eigenvalue weighted by Gasteiger charge is 2.23.